The molecule has 0 spiro atoms. The third-order valence-electron chi connectivity index (χ3n) is 5.82. The third-order valence-corrected chi connectivity index (χ3v) is 5.82. The van der Waals surface area contributed by atoms with Gasteiger partial charge in [0.05, 0.1) is 20.8 Å². The van der Waals surface area contributed by atoms with Gasteiger partial charge in [-0.3, -0.25) is 14.4 Å². The standard InChI is InChI=1S/C32H43NO7/c1-32(2,3)40-31(36)21-16-25-23-26(33-29(34)12-10-13-30(35)38-5)17-20-28(25)39-22-9-7-6-8-11-24-14-18-27(37-4)19-15-24/h8,11,14-15,17-20,23H,6-7,9-10,12-13,16,21-22H2,1-5H3,(H,33,34)/b11-8+. The zero-order valence-corrected chi connectivity index (χ0v) is 24.4. The fourth-order valence-corrected chi connectivity index (χ4v) is 3.82. The molecule has 0 fully saturated rings. The predicted molar refractivity (Wildman–Crippen MR) is 156 cm³/mol. The van der Waals surface area contributed by atoms with Crippen LogP contribution in [0.2, 0.25) is 0 Å². The smallest absolute Gasteiger partial charge is 0.306 e. The molecule has 218 valence electrons. The molecule has 0 unspecified atom stereocenters. The Labute approximate surface area is 238 Å². The summed E-state index contributed by atoms with van der Waals surface area (Å²) in [6.45, 7) is 6.04. The van der Waals surface area contributed by atoms with Crippen molar-refractivity contribution in [2.75, 3.05) is 26.1 Å². The minimum Gasteiger partial charge on any atom is -0.497 e. The molecule has 2 rings (SSSR count). The van der Waals surface area contributed by atoms with Crippen LogP contribution in [0.15, 0.2) is 48.5 Å². The molecule has 1 amide bonds. The molecule has 8 heteroatoms. The summed E-state index contributed by atoms with van der Waals surface area (Å²) in [5.41, 5.74) is 2.00. The van der Waals surface area contributed by atoms with Gasteiger partial charge in [-0.05, 0) is 94.3 Å². The molecule has 2 aromatic carbocycles. The number of unbranched alkanes of at least 4 members (excludes halogenated alkanes) is 2. The number of methoxy groups -OCH3 is 2. The number of ether oxygens (including phenoxy) is 4. The molecular weight excluding hydrogens is 510 g/mol. The highest BCUT2D eigenvalue weighted by molar-refractivity contribution is 5.91. The van der Waals surface area contributed by atoms with Crippen molar-refractivity contribution < 1.29 is 33.3 Å². The third kappa shape index (κ3) is 13.3. The van der Waals surface area contributed by atoms with E-state index in [1.165, 1.54) is 7.11 Å². The van der Waals surface area contributed by atoms with Crippen molar-refractivity contribution in [1.82, 2.24) is 0 Å². The summed E-state index contributed by atoms with van der Waals surface area (Å²) < 4.78 is 21.3. The number of carbonyl (C=O) groups excluding carboxylic acids is 3. The Morgan fingerprint density at radius 3 is 2.30 bits per heavy atom. The fraction of sp³-hybridized carbons (Fsp3) is 0.469. The first-order chi connectivity index (χ1) is 19.1. The van der Waals surface area contributed by atoms with Crippen LogP contribution in [-0.4, -0.2) is 44.3 Å². The van der Waals surface area contributed by atoms with E-state index in [-0.39, 0.29) is 37.1 Å². The average Bonchev–Trinajstić information content (AvgIpc) is 2.91. The van der Waals surface area contributed by atoms with E-state index in [2.05, 4.69) is 22.2 Å². The zero-order valence-electron chi connectivity index (χ0n) is 24.4. The van der Waals surface area contributed by atoms with E-state index < -0.39 is 5.60 Å². The van der Waals surface area contributed by atoms with Crippen LogP contribution in [0.25, 0.3) is 6.08 Å². The van der Waals surface area contributed by atoms with Crippen LogP contribution >= 0.6 is 0 Å². The number of hydrogen-bond donors (Lipinski definition) is 1. The Hall–Kier alpha value is -3.81. The predicted octanol–water partition coefficient (Wildman–Crippen LogP) is 6.51. The molecule has 0 aliphatic carbocycles. The zero-order chi connectivity index (χ0) is 29.4. The summed E-state index contributed by atoms with van der Waals surface area (Å²) in [5.74, 6) is 0.691. The van der Waals surface area contributed by atoms with Crippen molar-refractivity contribution in [2.24, 2.45) is 0 Å². The average molecular weight is 554 g/mol. The van der Waals surface area contributed by atoms with Crippen LogP contribution < -0.4 is 14.8 Å². The topological polar surface area (TPSA) is 100 Å². The summed E-state index contributed by atoms with van der Waals surface area (Å²) in [6, 6.07) is 13.3. The van der Waals surface area contributed by atoms with Gasteiger partial charge >= 0.3 is 11.9 Å². The first kappa shape index (κ1) is 32.4. The Kier molecular flexibility index (Phi) is 13.8. The van der Waals surface area contributed by atoms with Crippen molar-refractivity contribution in [3.8, 4) is 11.5 Å². The lowest BCUT2D eigenvalue weighted by Crippen LogP contribution is -2.24. The van der Waals surface area contributed by atoms with Gasteiger partial charge < -0.3 is 24.3 Å². The van der Waals surface area contributed by atoms with Gasteiger partial charge in [-0.15, -0.1) is 0 Å². The van der Waals surface area contributed by atoms with Gasteiger partial charge in [-0.1, -0.05) is 24.3 Å². The summed E-state index contributed by atoms with van der Waals surface area (Å²) in [5, 5.41) is 2.86. The highest BCUT2D eigenvalue weighted by atomic mass is 16.6. The lowest BCUT2D eigenvalue weighted by Gasteiger charge is -2.20. The minimum atomic E-state index is -0.557. The van der Waals surface area contributed by atoms with Gasteiger partial charge in [0.2, 0.25) is 5.91 Å². The van der Waals surface area contributed by atoms with E-state index in [0.29, 0.717) is 30.9 Å². The van der Waals surface area contributed by atoms with Crippen LogP contribution in [0.4, 0.5) is 5.69 Å². The molecular formula is C32H43NO7. The normalized spacial score (nSPS) is 11.2. The molecule has 0 aliphatic heterocycles. The van der Waals surface area contributed by atoms with Crippen molar-refractivity contribution in [3.63, 3.8) is 0 Å². The number of allylic oxidation sites excluding steroid dienone is 1. The SMILES string of the molecule is COC(=O)CCCC(=O)Nc1ccc(OCCCC/C=C/c2ccc(OC)cc2)c(CCC(=O)OC(C)(C)C)c1. The molecule has 0 radical (unpaired) electrons. The number of nitrogens with one attached hydrogen (secondary N) is 1. The molecule has 1 N–H and O–H groups in total. The first-order valence-corrected chi connectivity index (χ1v) is 13.7. The Morgan fingerprint density at radius 2 is 1.62 bits per heavy atom. The Balaban J connectivity index is 1.91. The molecule has 0 aliphatic rings. The van der Waals surface area contributed by atoms with E-state index >= 15 is 0 Å². The molecule has 40 heavy (non-hydrogen) atoms. The minimum absolute atomic E-state index is 0.190. The van der Waals surface area contributed by atoms with Gasteiger partial charge in [-0.25, -0.2) is 0 Å². The molecule has 0 saturated carbocycles. The number of amides is 1. The second-order valence-corrected chi connectivity index (χ2v) is 10.4. The number of carbonyl (C=O) groups is 3. The van der Waals surface area contributed by atoms with Gasteiger partial charge in [-0.2, -0.15) is 0 Å². The Morgan fingerprint density at radius 1 is 0.875 bits per heavy atom. The van der Waals surface area contributed by atoms with Crippen molar-refractivity contribution >= 4 is 29.6 Å². The monoisotopic (exact) mass is 553 g/mol. The number of hydrogen-bond acceptors (Lipinski definition) is 7. The van der Waals surface area contributed by atoms with Crippen LogP contribution in [0.1, 0.15) is 76.8 Å². The first-order valence-electron chi connectivity index (χ1n) is 13.7. The quantitative estimate of drug-likeness (QED) is 0.187. The molecule has 8 nitrogen and oxygen atoms in total. The summed E-state index contributed by atoms with van der Waals surface area (Å²) in [4.78, 5) is 35.9. The maximum absolute atomic E-state index is 12.3. The molecule has 0 bridgehead atoms. The van der Waals surface area contributed by atoms with Crippen molar-refractivity contribution in [3.05, 3.63) is 59.7 Å². The summed E-state index contributed by atoms with van der Waals surface area (Å²) >= 11 is 0. The second kappa shape index (κ2) is 17.0. The summed E-state index contributed by atoms with van der Waals surface area (Å²) in [7, 11) is 2.98. The lowest BCUT2D eigenvalue weighted by molar-refractivity contribution is -0.154. The van der Waals surface area contributed by atoms with E-state index in [0.717, 1.165) is 36.1 Å². The number of esters is 2. The molecule has 0 aromatic heterocycles. The number of anilines is 1. The molecule has 0 heterocycles. The second-order valence-electron chi connectivity index (χ2n) is 10.4. The van der Waals surface area contributed by atoms with Gasteiger partial charge in [0.15, 0.2) is 0 Å². The van der Waals surface area contributed by atoms with Crippen LogP contribution in [0, 0.1) is 0 Å². The lowest BCUT2D eigenvalue weighted by atomic mass is 10.1. The molecule has 0 atom stereocenters. The highest BCUT2D eigenvalue weighted by Crippen LogP contribution is 2.26. The van der Waals surface area contributed by atoms with Crippen LogP contribution in [-0.2, 0) is 30.3 Å². The largest absolute Gasteiger partial charge is 0.497 e. The van der Waals surface area contributed by atoms with Crippen LogP contribution in [0.3, 0.4) is 0 Å². The maximum atomic E-state index is 12.3. The highest BCUT2D eigenvalue weighted by Gasteiger charge is 2.17. The number of aryl methyl sites for hydroxylation is 1. The van der Waals surface area contributed by atoms with Crippen molar-refractivity contribution in [1.29, 1.82) is 0 Å². The molecule has 2 aromatic rings. The van der Waals surface area contributed by atoms with E-state index in [1.807, 2.05) is 57.2 Å². The Bertz CT molecular complexity index is 1120. The fourth-order valence-electron chi connectivity index (χ4n) is 3.82. The van der Waals surface area contributed by atoms with E-state index in [1.54, 1.807) is 13.2 Å². The maximum Gasteiger partial charge on any atom is 0.306 e. The van der Waals surface area contributed by atoms with E-state index in [9.17, 15) is 14.4 Å². The molecule has 0 saturated heterocycles. The number of benzene rings is 2. The van der Waals surface area contributed by atoms with Gasteiger partial charge in [0, 0.05) is 24.9 Å². The van der Waals surface area contributed by atoms with Crippen molar-refractivity contribution in [2.45, 2.75) is 77.7 Å². The summed E-state index contributed by atoms with van der Waals surface area (Å²) in [6.07, 6.45) is 8.43. The van der Waals surface area contributed by atoms with Gasteiger partial charge in [0.25, 0.3) is 0 Å². The van der Waals surface area contributed by atoms with Crippen LogP contribution in [0.5, 0.6) is 11.5 Å². The van der Waals surface area contributed by atoms with Gasteiger partial charge in [0.1, 0.15) is 17.1 Å². The van der Waals surface area contributed by atoms with E-state index in [4.69, 9.17) is 14.2 Å². The number of rotatable bonds is 16.